The van der Waals surface area contributed by atoms with Crippen molar-refractivity contribution in [2.75, 3.05) is 0 Å². The van der Waals surface area contributed by atoms with Gasteiger partial charge in [0.25, 0.3) is 0 Å². The Morgan fingerprint density at radius 3 is 2.00 bits per heavy atom. The van der Waals surface area contributed by atoms with Crippen molar-refractivity contribution in [3.63, 3.8) is 0 Å². The van der Waals surface area contributed by atoms with E-state index < -0.39 is 5.97 Å². The summed E-state index contributed by atoms with van der Waals surface area (Å²) in [6, 6.07) is 15.0. The van der Waals surface area contributed by atoms with Crippen LogP contribution in [0.4, 0.5) is 0 Å². The van der Waals surface area contributed by atoms with Gasteiger partial charge in [-0.1, -0.05) is 40.2 Å². The first-order valence-electron chi connectivity index (χ1n) is 5.93. The van der Waals surface area contributed by atoms with Crippen LogP contribution in [0.1, 0.15) is 21.5 Å². The van der Waals surface area contributed by atoms with E-state index in [2.05, 4.69) is 45.5 Å². The third kappa shape index (κ3) is 3.91. The molecule has 0 bridgehead atoms. The smallest absolute Gasteiger partial charge is 0.335 e. The summed E-state index contributed by atoms with van der Waals surface area (Å²) in [4.78, 5) is 10.3. The Hall–Kier alpha value is -1.65. The average Bonchev–Trinajstić information content (AvgIpc) is 2.88. The predicted octanol–water partition coefficient (Wildman–Crippen LogP) is 3.44. The molecule has 0 atom stereocenters. The van der Waals surface area contributed by atoms with Gasteiger partial charge in [0.2, 0.25) is 0 Å². The van der Waals surface area contributed by atoms with E-state index >= 15 is 0 Å². The minimum Gasteiger partial charge on any atom is -0.478 e. The average molecular weight is 320 g/mol. The molecule has 0 saturated carbocycles. The summed E-state index contributed by atoms with van der Waals surface area (Å²) in [5, 5.41) is 11.7. The molecule has 0 fully saturated rings. The summed E-state index contributed by atoms with van der Waals surface area (Å²) < 4.78 is 0.887. The summed E-state index contributed by atoms with van der Waals surface area (Å²) >= 11 is 3.20. The van der Waals surface area contributed by atoms with E-state index in [1.807, 2.05) is 0 Å². The van der Waals surface area contributed by atoms with Gasteiger partial charge in [-0.15, -0.1) is 0 Å². The number of carboxylic acids is 1. The van der Waals surface area contributed by atoms with Crippen LogP contribution in [0.3, 0.4) is 0 Å². The zero-order valence-electron chi connectivity index (χ0n) is 10.3. The molecule has 2 N–H and O–H groups in total. The number of carbonyl (C=O) groups is 1. The normalized spacial score (nSPS) is 12.3. The Morgan fingerprint density at radius 1 is 1.00 bits per heavy atom. The molecular formula is C15H14BrNO2. The van der Waals surface area contributed by atoms with Crippen LogP contribution in [0.5, 0.6) is 0 Å². The Morgan fingerprint density at radius 2 is 1.53 bits per heavy atom. The largest absolute Gasteiger partial charge is 0.478 e. The van der Waals surface area contributed by atoms with Crippen molar-refractivity contribution in [2.24, 2.45) is 0 Å². The molecule has 1 heterocycles. The fourth-order valence-electron chi connectivity index (χ4n) is 1.83. The lowest BCUT2D eigenvalue weighted by Gasteiger charge is -1.91. The van der Waals surface area contributed by atoms with Crippen LogP contribution in [-0.4, -0.2) is 11.1 Å². The maximum absolute atomic E-state index is 10.3. The minimum absolute atomic E-state index is 0.309. The maximum atomic E-state index is 10.3. The maximum Gasteiger partial charge on any atom is 0.335 e. The highest BCUT2D eigenvalue weighted by Crippen LogP contribution is 2.13. The van der Waals surface area contributed by atoms with Gasteiger partial charge >= 0.3 is 5.97 Å². The van der Waals surface area contributed by atoms with Gasteiger partial charge in [-0.25, -0.2) is 4.79 Å². The third-order valence-electron chi connectivity index (χ3n) is 2.84. The molecule has 0 radical (unpaired) electrons. The van der Waals surface area contributed by atoms with Gasteiger partial charge in [-0.05, 0) is 35.4 Å². The molecule has 0 aliphatic carbocycles. The summed E-state index contributed by atoms with van der Waals surface area (Å²) in [6.07, 6.45) is 0. The van der Waals surface area contributed by atoms with E-state index in [-0.39, 0.29) is 0 Å². The van der Waals surface area contributed by atoms with Gasteiger partial charge in [0, 0.05) is 17.6 Å². The summed E-state index contributed by atoms with van der Waals surface area (Å²) in [6.45, 7) is 2.10. The Balaban J connectivity index is 0.000000141. The number of fused-ring (bicyclic) bond motifs is 1. The molecule has 3 nitrogen and oxygen atoms in total. The molecule has 4 heteroatoms. The van der Waals surface area contributed by atoms with Crippen LogP contribution < -0.4 is 5.32 Å². The summed E-state index contributed by atoms with van der Waals surface area (Å²) in [5.41, 5.74) is 3.22. The lowest BCUT2D eigenvalue weighted by Crippen LogP contribution is -1.99. The monoisotopic (exact) mass is 319 g/mol. The molecule has 19 heavy (non-hydrogen) atoms. The second-order valence-electron chi connectivity index (χ2n) is 4.18. The van der Waals surface area contributed by atoms with Crippen molar-refractivity contribution >= 4 is 21.9 Å². The van der Waals surface area contributed by atoms with E-state index in [1.54, 1.807) is 24.3 Å². The second-order valence-corrected chi connectivity index (χ2v) is 5.10. The van der Waals surface area contributed by atoms with E-state index in [4.69, 9.17) is 5.11 Å². The molecule has 1 aliphatic rings. The topological polar surface area (TPSA) is 49.3 Å². The third-order valence-corrected chi connectivity index (χ3v) is 3.37. The predicted molar refractivity (Wildman–Crippen MR) is 78.1 cm³/mol. The van der Waals surface area contributed by atoms with Crippen LogP contribution >= 0.6 is 15.9 Å². The first-order valence-corrected chi connectivity index (χ1v) is 6.72. The van der Waals surface area contributed by atoms with Crippen molar-refractivity contribution in [3.05, 3.63) is 69.7 Å². The lowest BCUT2D eigenvalue weighted by atomic mass is 10.1. The van der Waals surface area contributed by atoms with E-state index in [0.717, 1.165) is 17.6 Å². The Bertz CT molecular complexity index is 544. The summed E-state index contributed by atoms with van der Waals surface area (Å²) in [5.74, 6) is -0.896. The SMILES string of the molecule is O=C(O)c1ccc(Br)cc1.c1ccc2c(c1)CNC2. The molecule has 3 rings (SSSR count). The highest BCUT2D eigenvalue weighted by Gasteiger charge is 2.06. The summed E-state index contributed by atoms with van der Waals surface area (Å²) in [7, 11) is 0. The standard InChI is InChI=1S/C8H9N.C7H5BrO2/c1-2-4-8-6-9-5-7(8)3-1;8-6-3-1-5(2-4-6)7(9)10/h1-4,9H,5-6H2;1-4H,(H,9,10). The number of rotatable bonds is 1. The lowest BCUT2D eigenvalue weighted by molar-refractivity contribution is 0.0697. The number of hydrogen-bond acceptors (Lipinski definition) is 2. The van der Waals surface area contributed by atoms with Crippen LogP contribution in [0.2, 0.25) is 0 Å². The van der Waals surface area contributed by atoms with Gasteiger partial charge in [-0.3, -0.25) is 0 Å². The van der Waals surface area contributed by atoms with E-state index in [0.29, 0.717) is 5.56 Å². The van der Waals surface area contributed by atoms with Crippen LogP contribution in [0.25, 0.3) is 0 Å². The van der Waals surface area contributed by atoms with Crippen molar-refractivity contribution < 1.29 is 9.90 Å². The fourth-order valence-corrected chi connectivity index (χ4v) is 2.09. The van der Waals surface area contributed by atoms with Crippen molar-refractivity contribution in [1.82, 2.24) is 5.32 Å². The van der Waals surface area contributed by atoms with Gasteiger partial charge in [0.15, 0.2) is 0 Å². The number of hydrogen-bond donors (Lipinski definition) is 2. The van der Waals surface area contributed by atoms with E-state index in [1.165, 1.54) is 11.1 Å². The number of nitrogens with one attached hydrogen (secondary N) is 1. The van der Waals surface area contributed by atoms with Gasteiger partial charge in [0.1, 0.15) is 0 Å². The highest BCUT2D eigenvalue weighted by molar-refractivity contribution is 9.10. The second kappa shape index (κ2) is 6.50. The zero-order chi connectivity index (χ0) is 13.7. The van der Waals surface area contributed by atoms with Crippen molar-refractivity contribution in [1.29, 1.82) is 0 Å². The number of benzene rings is 2. The molecule has 0 saturated heterocycles. The van der Waals surface area contributed by atoms with E-state index in [9.17, 15) is 4.79 Å². The molecule has 0 aromatic heterocycles. The van der Waals surface area contributed by atoms with Crippen LogP contribution in [-0.2, 0) is 13.1 Å². The number of halogens is 1. The molecule has 0 unspecified atom stereocenters. The van der Waals surface area contributed by atoms with Crippen LogP contribution in [0.15, 0.2) is 53.0 Å². The Kier molecular flexibility index (Phi) is 4.71. The molecule has 2 aromatic carbocycles. The number of aromatic carboxylic acids is 1. The fraction of sp³-hybridized carbons (Fsp3) is 0.133. The molecule has 98 valence electrons. The Labute approximate surface area is 120 Å². The highest BCUT2D eigenvalue weighted by atomic mass is 79.9. The van der Waals surface area contributed by atoms with Gasteiger partial charge < -0.3 is 10.4 Å². The molecule has 0 amide bonds. The molecule has 2 aromatic rings. The van der Waals surface area contributed by atoms with Gasteiger partial charge in [0.05, 0.1) is 5.56 Å². The first kappa shape index (κ1) is 13.8. The zero-order valence-corrected chi connectivity index (χ0v) is 11.9. The van der Waals surface area contributed by atoms with Crippen molar-refractivity contribution in [3.8, 4) is 0 Å². The minimum atomic E-state index is -0.896. The number of carboxylic acid groups (broad SMARTS) is 1. The molecule has 1 aliphatic heterocycles. The first-order chi connectivity index (χ1) is 9.16. The quantitative estimate of drug-likeness (QED) is 0.846. The van der Waals surface area contributed by atoms with Crippen LogP contribution in [0, 0.1) is 0 Å². The van der Waals surface area contributed by atoms with Crippen molar-refractivity contribution in [2.45, 2.75) is 13.1 Å². The molecule has 0 spiro atoms. The molecular weight excluding hydrogens is 306 g/mol. The van der Waals surface area contributed by atoms with Gasteiger partial charge in [-0.2, -0.15) is 0 Å².